The zero-order chi connectivity index (χ0) is 12.0. The lowest BCUT2D eigenvalue weighted by Gasteiger charge is -2.22. The number of carbonyl (C=O) groups is 1. The molecule has 1 unspecified atom stereocenters. The molecule has 0 aliphatic heterocycles. The van der Waals surface area contributed by atoms with Crippen molar-refractivity contribution in [3.63, 3.8) is 0 Å². The van der Waals surface area contributed by atoms with Gasteiger partial charge in [0, 0.05) is 20.1 Å². The van der Waals surface area contributed by atoms with Gasteiger partial charge in [0.1, 0.15) is 0 Å². The maximum atomic E-state index is 11.6. The highest BCUT2D eigenvalue weighted by molar-refractivity contribution is 5.80. The summed E-state index contributed by atoms with van der Waals surface area (Å²) in [6, 6.07) is 0.327. The summed E-state index contributed by atoms with van der Waals surface area (Å²) in [5.74, 6) is 0.875. The van der Waals surface area contributed by atoms with E-state index in [0.29, 0.717) is 6.04 Å². The SMILES string of the molecule is CC(C)CCC(C)N[C@H](C)C(=O)N(C)C. The Morgan fingerprint density at radius 2 is 1.67 bits per heavy atom. The topological polar surface area (TPSA) is 32.3 Å². The van der Waals surface area contributed by atoms with Crippen LogP contribution in [0.25, 0.3) is 0 Å². The molecule has 0 aromatic carbocycles. The summed E-state index contributed by atoms with van der Waals surface area (Å²) in [7, 11) is 3.58. The molecular formula is C12H26N2O. The van der Waals surface area contributed by atoms with Crippen LogP contribution in [0.5, 0.6) is 0 Å². The molecule has 3 heteroatoms. The van der Waals surface area contributed by atoms with Crippen LogP contribution in [0, 0.1) is 5.92 Å². The lowest BCUT2D eigenvalue weighted by molar-refractivity contribution is -0.130. The molecule has 0 saturated carbocycles. The van der Waals surface area contributed by atoms with Crippen LogP contribution in [0.4, 0.5) is 0 Å². The normalized spacial score (nSPS) is 15.1. The molecule has 3 nitrogen and oxygen atoms in total. The number of hydrogen-bond donors (Lipinski definition) is 1. The zero-order valence-electron chi connectivity index (χ0n) is 11.0. The fourth-order valence-electron chi connectivity index (χ4n) is 1.55. The van der Waals surface area contributed by atoms with E-state index >= 15 is 0 Å². The van der Waals surface area contributed by atoms with Crippen molar-refractivity contribution in [2.45, 2.75) is 52.6 Å². The first-order valence-electron chi connectivity index (χ1n) is 5.81. The summed E-state index contributed by atoms with van der Waals surface area (Å²) >= 11 is 0. The van der Waals surface area contributed by atoms with Crippen LogP contribution >= 0.6 is 0 Å². The first-order valence-corrected chi connectivity index (χ1v) is 5.81. The maximum Gasteiger partial charge on any atom is 0.238 e. The number of hydrogen-bond acceptors (Lipinski definition) is 2. The number of amides is 1. The molecule has 15 heavy (non-hydrogen) atoms. The highest BCUT2D eigenvalue weighted by Gasteiger charge is 2.16. The van der Waals surface area contributed by atoms with Crippen LogP contribution in [0.3, 0.4) is 0 Å². The van der Waals surface area contributed by atoms with Crippen molar-refractivity contribution in [1.29, 1.82) is 0 Å². The van der Waals surface area contributed by atoms with Gasteiger partial charge in [0.15, 0.2) is 0 Å². The Morgan fingerprint density at radius 3 is 2.07 bits per heavy atom. The Bertz CT molecular complexity index is 190. The predicted octanol–water partition coefficient (Wildman–Crippen LogP) is 1.88. The van der Waals surface area contributed by atoms with E-state index in [1.807, 2.05) is 6.92 Å². The summed E-state index contributed by atoms with van der Waals surface area (Å²) in [6.45, 7) is 8.51. The molecule has 0 aromatic heterocycles. The standard InChI is InChI=1S/C12H26N2O/c1-9(2)7-8-10(3)13-11(4)12(15)14(5)6/h9-11,13H,7-8H2,1-6H3/t10?,11-/m1/s1. The third-order valence-electron chi connectivity index (χ3n) is 2.52. The van der Waals surface area contributed by atoms with Gasteiger partial charge in [-0.3, -0.25) is 4.79 Å². The predicted molar refractivity (Wildman–Crippen MR) is 64.8 cm³/mol. The fourth-order valence-corrected chi connectivity index (χ4v) is 1.55. The molecule has 0 rings (SSSR count). The van der Waals surface area contributed by atoms with Crippen LogP contribution < -0.4 is 5.32 Å². The second-order valence-corrected chi connectivity index (χ2v) is 4.99. The van der Waals surface area contributed by atoms with E-state index in [0.717, 1.165) is 12.3 Å². The minimum atomic E-state index is -0.0813. The molecule has 0 bridgehead atoms. The van der Waals surface area contributed by atoms with Crippen molar-refractivity contribution in [1.82, 2.24) is 10.2 Å². The average Bonchev–Trinajstić information content (AvgIpc) is 2.13. The summed E-state index contributed by atoms with van der Waals surface area (Å²) in [6.07, 6.45) is 2.33. The van der Waals surface area contributed by atoms with E-state index in [4.69, 9.17) is 0 Å². The first-order chi connectivity index (χ1) is 6.84. The second-order valence-electron chi connectivity index (χ2n) is 4.99. The van der Waals surface area contributed by atoms with Crippen LogP contribution in [-0.2, 0) is 4.79 Å². The van der Waals surface area contributed by atoms with Gasteiger partial charge in [-0.25, -0.2) is 0 Å². The number of carbonyl (C=O) groups excluding carboxylic acids is 1. The van der Waals surface area contributed by atoms with E-state index in [-0.39, 0.29) is 11.9 Å². The summed E-state index contributed by atoms with van der Waals surface area (Å²) in [5, 5.41) is 3.33. The van der Waals surface area contributed by atoms with E-state index in [2.05, 4.69) is 26.1 Å². The van der Waals surface area contributed by atoms with Crippen molar-refractivity contribution in [3.8, 4) is 0 Å². The monoisotopic (exact) mass is 214 g/mol. The quantitative estimate of drug-likeness (QED) is 0.732. The molecule has 2 atom stereocenters. The van der Waals surface area contributed by atoms with E-state index in [9.17, 15) is 4.79 Å². The minimum absolute atomic E-state index is 0.0813. The molecule has 90 valence electrons. The van der Waals surface area contributed by atoms with Crippen LogP contribution in [0.15, 0.2) is 0 Å². The lowest BCUT2D eigenvalue weighted by atomic mass is 10.0. The maximum absolute atomic E-state index is 11.6. The summed E-state index contributed by atoms with van der Waals surface area (Å²) in [5.41, 5.74) is 0. The zero-order valence-corrected chi connectivity index (χ0v) is 11.0. The molecule has 0 heterocycles. The highest BCUT2D eigenvalue weighted by Crippen LogP contribution is 2.07. The summed E-state index contributed by atoms with van der Waals surface area (Å²) in [4.78, 5) is 13.2. The Morgan fingerprint density at radius 1 is 1.13 bits per heavy atom. The third kappa shape index (κ3) is 6.50. The van der Waals surface area contributed by atoms with Crippen molar-refractivity contribution in [2.24, 2.45) is 5.92 Å². The van der Waals surface area contributed by atoms with Gasteiger partial charge < -0.3 is 10.2 Å². The molecule has 0 aliphatic rings. The van der Waals surface area contributed by atoms with Gasteiger partial charge in [-0.2, -0.15) is 0 Å². The van der Waals surface area contributed by atoms with Crippen molar-refractivity contribution in [2.75, 3.05) is 14.1 Å². The smallest absolute Gasteiger partial charge is 0.238 e. The first kappa shape index (κ1) is 14.4. The number of likely N-dealkylation sites (N-methyl/N-ethyl adjacent to an activating group) is 1. The van der Waals surface area contributed by atoms with Gasteiger partial charge in [-0.15, -0.1) is 0 Å². The number of nitrogens with one attached hydrogen (secondary N) is 1. The minimum Gasteiger partial charge on any atom is -0.347 e. The number of rotatable bonds is 6. The second kappa shape index (κ2) is 6.83. The fraction of sp³-hybridized carbons (Fsp3) is 0.917. The Balaban J connectivity index is 3.85. The Kier molecular flexibility index (Phi) is 6.57. The molecule has 0 aliphatic carbocycles. The van der Waals surface area contributed by atoms with Crippen LogP contribution in [0.2, 0.25) is 0 Å². The third-order valence-corrected chi connectivity index (χ3v) is 2.52. The molecule has 0 radical (unpaired) electrons. The van der Waals surface area contributed by atoms with Crippen LogP contribution in [0.1, 0.15) is 40.5 Å². The van der Waals surface area contributed by atoms with Gasteiger partial charge in [-0.1, -0.05) is 13.8 Å². The van der Waals surface area contributed by atoms with Gasteiger partial charge in [0.2, 0.25) is 5.91 Å². The van der Waals surface area contributed by atoms with Gasteiger partial charge >= 0.3 is 0 Å². The molecule has 1 N–H and O–H groups in total. The van der Waals surface area contributed by atoms with E-state index in [1.54, 1.807) is 19.0 Å². The molecule has 0 fully saturated rings. The molecule has 1 amide bonds. The largest absolute Gasteiger partial charge is 0.347 e. The Labute approximate surface area is 94.2 Å². The van der Waals surface area contributed by atoms with Gasteiger partial charge in [0.05, 0.1) is 6.04 Å². The van der Waals surface area contributed by atoms with Crippen molar-refractivity contribution >= 4 is 5.91 Å². The Hall–Kier alpha value is -0.570. The van der Waals surface area contributed by atoms with Crippen LogP contribution in [-0.4, -0.2) is 37.0 Å². The molecular weight excluding hydrogens is 188 g/mol. The number of nitrogens with zero attached hydrogens (tertiary/aromatic N) is 1. The van der Waals surface area contributed by atoms with E-state index in [1.165, 1.54) is 6.42 Å². The van der Waals surface area contributed by atoms with Gasteiger partial charge in [0.25, 0.3) is 0 Å². The molecule has 0 aromatic rings. The van der Waals surface area contributed by atoms with Gasteiger partial charge in [-0.05, 0) is 32.6 Å². The average molecular weight is 214 g/mol. The highest BCUT2D eigenvalue weighted by atomic mass is 16.2. The van der Waals surface area contributed by atoms with E-state index < -0.39 is 0 Å². The summed E-state index contributed by atoms with van der Waals surface area (Å²) < 4.78 is 0. The molecule has 0 spiro atoms. The van der Waals surface area contributed by atoms with Crippen molar-refractivity contribution < 1.29 is 4.79 Å². The molecule has 0 saturated heterocycles. The van der Waals surface area contributed by atoms with Crippen molar-refractivity contribution in [3.05, 3.63) is 0 Å². The lowest BCUT2D eigenvalue weighted by Crippen LogP contribution is -2.45.